The number of hydrogen-bond donors (Lipinski definition) is 1. The van der Waals surface area contributed by atoms with Gasteiger partial charge in [0.2, 0.25) is 0 Å². The van der Waals surface area contributed by atoms with Crippen LogP contribution in [0.2, 0.25) is 0 Å². The predicted molar refractivity (Wildman–Crippen MR) is 76.0 cm³/mol. The van der Waals surface area contributed by atoms with Gasteiger partial charge >= 0.3 is 0 Å². The zero-order chi connectivity index (χ0) is 13.7. The van der Waals surface area contributed by atoms with E-state index in [-0.39, 0.29) is 12.2 Å². The summed E-state index contributed by atoms with van der Waals surface area (Å²) in [6.45, 7) is 10.4. The number of aliphatic hydroxyl groups is 1. The minimum atomic E-state index is -0.387. The van der Waals surface area contributed by atoms with Crippen molar-refractivity contribution in [2.75, 3.05) is 0 Å². The molecule has 18 heavy (non-hydrogen) atoms. The van der Waals surface area contributed by atoms with Gasteiger partial charge in [0, 0.05) is 0 Å². The highest BCUT2D eigenvalue weighted by Crippen LogP contribution is 2.27. The van der Waals surface area contributed by atoms with Crippen LogP contribution in [0.15, 0.2) is 18.2 Å². The lowest BCUT2D eigenvalue weighted by molar-refractivity contribution is 0.158. The van der Waals surface area contributed by atoms with Crippen molar-refractivity contribution < 1.29 is 9.84 Å². The molecule has 1 aromatic rings. The predicted octanol–water partition coefficient (Wildman–Crippen LogP) is 4.25. The van der Waals surface area contributed by atoms with Crippen molar-refractivity contribution in [2.45, 2.75) is 59.7 Å². The molecule has 0 saturated heterocycles. The lowest BCUT2D eigenvalue weighted by Crippen LogP contribution is -2.08. The Balaban J connectivity index is 2.77. The highest BCUT2D eigenvalue weighted by molar-refractivity contribution is 5.37. The molecular weight excluding hydrogens is 224 g/mol. The zero-order valence-electron chi connectivity index (χ0n) is 12.2. The quantitative estimate of drug-likeness (QED) is 0.817. The summed E-state index contributed by atoms with van der Waals surface area (Å²) in [5, 5.41) is 10.2. The maximum atomic E-state index is 10.2. The van der Waals surface area contributed by atoms with E-state index >= 15 is 0 Å². The molecule has 1 unspecified atom stereocenters. The van der Waals surface area contributed by atoms with Gasteiger partial charge < -0.3 is 9.84 Å². The molecule has 0 radical (unpaired) electrons. The van der Waals surface area contributed by atoms with E-state index in [1.807, 2.05) is 39.0 Å². The molecule has 1 N–H and O–H groups in total. The summed E-state index contributed by atoms with van der Waals surface area (Å²) in [5.41, 5.74) is 2.07. The minimum absolute atomic E-state index is 0.159. The van der Waals surface area contributed by atoms with Crippen LogP contribution in [0, 0.1) is 12.8 Å². The third-order valence-electron chi connectivity index (χ3n) is 2.98. The van der Waals surface area contributed by atoms with Gasteiger partial charge in [-0.15, -0.1) is 0 Å². The maximum Gasteiger partial charge on any atom is 0.122 e. The fourth-order valence-corrected chi connectivity index (χ4v) is 1.86. The first-order valence-corrected chi connectivity index (χ1v) is 6.85. The Hall–Kier alpha value is -1.02. The highest BCUT2D eigenvalue weighted by Gasteiger charge is 2.11. The summed E-state index contributed by atoms with van der Waals surface area (Å²) in [7, 11) is 0. The van der Waals surface area contributed by atoms with E-state index in [1.54, 1.807) is 0 Å². The Kier molecular flexibility index (Phi) is 5.67. The van der Waals surface area contributed by atoms with Crippen LogP contribution in [0.1, 0.15) is 57.8 Å². The van der Waals surface area contributed by atoms with Crippen molar-refractivity contribution in [3.8, 4) is 5.75 Å². The zero-order valence-corrected chi connectivity index (χ0v) is 12.2. The lowest BCUT2D eigenvalue weighted by Gasteiger charge is -2.17. The topological polar surface area (TPSA) is 29.5 Å². The van der Waals surface area contributed by atoms with Crippen molar-refractivity contribution in [3.05, 3.63) is 29.3 Å². The van der Waals surface area contributed by atoms with Gasteiger partial charge in [-0.3, -0.25) is 0 Å². The van der Waals surface area contributed by atoms with Crippen molar-refractivity contribution in [1.29, 1.82) is 0 Å². The molecule has 1 aromatic carbocycles. The Bertz CT molecular complexity index is 369. The van der Waals surface area contributed by atoms with Gasteiger partial charge in [-0.05, 0) is 56.7 Å². The molecule has 0 aliphatic rings. The molecule has 0 spiro atoms. The van der Waals surface area contributed by atoms with E-state index in [4.69, 9.17) is 4.74 Å². The third-order valence-corrected chi connectivity index (χ3v) is 2.98. The highest BCUT2D eigenvalue weighted by atomic mass is 16.5. The number of hydrogen-bond acceptors (Lipinski definition) is 2. The van der Waals surface area contributed by atoms with Crippen molar-refractivity contribution in [2.24, 2.45) is 5.92 Å². The normalized spacial score (nSPS) is 13.1. The lowest BCUT2D eigenvalue weighted by atomic mass is 9.99. The van der Waals surface area contributed by atoms with Crippen molar-refractivity contribution >= 4 is 0 Å². The first-order valence-electron chi connectivity index (χ1n) is 6.85. The van der Waals surface area contributed by atoms with Crippen LogP contribution in [0.3, 0.4) is 0 Å². The SMILES string of the molecule is Cc1ccc(C(O)CCC(C)C)cc1OC(C)C. The van der Waals surface area contributed by atoms with E-state index in [1.165, 1.54) is 0 Å². The van der Waals surface area contributed by atoms with Gasteiger partial charge in [-0.25, -0.2) is 0 Å². The van der Waals surface area contributed by atoms with Crippen LogP contribution in [-0.4, -0.2) is 11.2 Å². The fourth-order valence-electron chi connectivity index (χ4n) is 1.86. The molecule has 0 aromatic heterocycles. The molecule has 0 bridgehead atoms. The molecule has 2 nitrogen and oxygen atoms in total. The van der Waals surface area contributed by atoms with Crippen LogP contribution >= 0.6 is 0 Å². The minimum Gasteiger partial charge on any atom is -0.491 e. The Morgan fingerprint density at radius 3 is 2.33 bits per heavy atom. The largest absolute Gasteiger partial charge is 0.491 e. The van der Waals surface area contributed by atoms with Crippen molar-refractivity contribution in [1.82, 2.24) is 0 Å². The van der Waals surface area contributed by atoms with Crippen LogP contribution in [0.25, 0.3) is 0 Å². The van der Waals surface area contributed by atoms with Crippen molar-refractivity contribution in [3.63, 3.8) is 0 Å². The Morgan fingerprint density at radius 2 is 1.78 bits per heavy atom. The van der Waals surface area contributed by atoms with Gasteiger partial charge in [-0.1, -0.05) is 26.0 Å². The Labute approximate surface area is 111 Å². The molecule has 1 rings (SSSR count). The summed E-state index contributed by atoms with van der Waals surface area (Å²) >= 11 is 0. The molecule has 2 heteroatoms. The molecule has 102 valence electrons. The molecule has 0 saturated carbocycles. The molecule has 1 atom stereocenters. The van der Waals surface area contributed by atoms with Gasteiger partial charge in [-0.2, -0.15) is 0 Å². The number of aryl methyl sites for hydroxylation is 1. The number of rotatable bonds is 6. The molecular formula is C16H26O2. The Morgan fingerprint density at radius 1 is 1.11 bits per heavy atom. The summed E-state index contributed by atoms with van der Waals surface area (Å²) < 4.78 is 5.75. The first-order chi connectivity index (χ1) is 8.40. The van der Waals surface area contributed by atoms with Gasteiger partial charge in [0.05, 0.1) is 12.2 Å². The van der Waals surface area contributed by atoms with Gasteiger partial charge in [0.1, 0.15) is 5.75 Å². The summed E-state index contributed by atoms with van der Waals surface area (Å²) in [5.74, 6) is 1.50. The second kappa shape index (κ2) is 6.79. The van der Waals surface area contributed by atoms with Crippen LogP contribution in [0.4, 0.5) is 0 Å². The van der Waals surface area contributed by atoms with E-state index in [0.29, 0.717) is 5.92 Å². The molecule has 0 amide bonds. The number of ether oxygens (including phenoxy) is 1. The third kappa shape index (κ3) is 4.69. The average Bonchev–Trinajstić information content (AvgIpc) is 2.28. The first kappa shape index (κ1) is 15.0. The summed E-state index contributed by atoms with van der Waals surface area (Å²) in [6.07, 6.45) is 1.62. The van der Waals surface area contributed by atoms with E-state index < -0.39 is 0 Å². The monoisotopic (exact) mass is 250 g/mol. The number of benzene rings is 1. The van der Waals surface area contributed by atoms with E-state index in [9.17, 15) is 5.11 Å². The van der Waals surface area contributed by atoms with Crippen LogP contribution in [-0.2, 0) is 0 Å². The molecule has 0 fully saturated rings. The number of aliphatic hydroxyl groups excluding tert-OH is 1. The summed E-state index contributed by atoms with van der Waals surface area (Å²) in [4.78, 5) is 0. The maximum absolute atomic E-state index is 10.2. The second-order valence-electron chi connectivity index (χ2n) is 5.68. The molecule has 0 aliphatic heterocycles. The van der Waals surface area contributed by atoms with E-state index in [0.717, 1.165) is 29.7 Å². The van der Waals surface area contributed by atoms with Gasteiger partial charge in [0.25, 0.3) is 0 Å². The second-order valence-corrected chi connectivity index (χ2v) is 5.68. The smallest absolute Gasteiger partial charge is 0.122 e. The fraction of sp³-hybridized carbons (Fsp3) is 0.625. The average molecular weight is 250 g/mol. The van der Waals surface area contributed by atoms with Crippen LogP contribution < -0.4 is 4.74 Å². The summed E-state index contributed by atoms with van der Waals surface area (Å²) in [6, 6.07) is 5.99. The standard InChI is InChI=1S/C16H26O2/c1-11(2)6-9-15(17)14-8-7-13(5)16(10-14)18-12(3)4/h7-8,10-12,15,17H,6,9H2,1-5H3. The molecule has 0 heterocycles. The van der Waals surface area contributed by atoms with Gasteiger partial charge in [0.15, 0.2) is 0 Å². The van der Waals surface area contributed by atoms with E-state index in [2.05, 4.69) is 13.8 Å². The molecule has 0 aliphatic carbocycles. The van der Waals surface area contributed by atoms with Crippen LogP contribution in [0.5, 0.6) is 5.75 Å².